The molecule has 232 valence electrons. The molecule has 0 spiro atoms. The van der Waals surface area contributed by atoms with Crippen molar-refractivity contribution in [3.63, 3.8) is 0 Å². The standard InChI is InChI=1S/C25H34F6N4O6/c1-22(2,3)17(34-21(40)24(26,27)28)20(39)35-9-12-15(23(12,4)5)16(35)19(38)33-13(8-11-6-7-32-18(11)37)14(36)10-41-25(29,30)31/h11-13,15-17H,6-10H2,1-5H3,(H,32,37)(H,33,38)(H,34,40)/t11-,12-,13?,15-,16-,17?/m0/s1. The van der Waals surface area contributed by atoms with Crippen molar-refractivity contribution in [1.82, 2.24) is 20.9 Å². The average molecular weight is 601 g/mol. The van der Waals surface area contributed by atoms with Gasteiger partial charge in [-0.05, 0) is 35.5 Å². The van der Waals surface area contributed by atoms with Crippen LogP contribution in [0.15, 0.2) is 0 Å². The second kappa shape index (κ2) is 11.1. The van der Waals surface area contributed by atoms with Crippen molar-refractivity contribution in [3.8, 4) is 0 Å². The lowest BCUT2D eigenvalue weighted by atomic mass is 9.85. The van der Waals surface area contributed by atoms with Crippen molar-refractivity contribution in [2.75, 3.05) is 19.7 Å². The number of nitrogens with zero attached hydrogens (tertiary/aromatic N) is 1. The Morgan fingerprint density at radius 1 is 1.07 bits per heavy atom. The highest BCUT2D eigenvalue weighted by molar-refractivity contribution is 5.97. The number of likely N-dealkylation sites (tertiary alicyclic amines) is 1. The molecule has 2 heterocycles. The number of Topliss-reactive ketones (excluding diaryl/α,β-unsaturated/α-hetero) is 1. The van der Waals surface area contributed by atoms with Gasteiger partial charge < -0.3 is 20.9 Å². The van der Waals surface area contributed by atoms with E-state index in [1.54, 1.807) is 5.32 Å². The highest BCUT2D eigenvalue weighted by Gasteiger charge is 2.70. The number of nitrogens with one attached hydrogen (secondary N) is 3. The molecule has 41 heavy (non-hydrogen) atoms. The van der Waals surface area contributed by atoms with Gasteiger partial charge in [0.05, 0.1) is 6.04 Å². The van der Waals surface area contributed by atoms with E-state index in [0.29, 0.717) is 0 Å². The topological polar surface area (TPSA) is 134 Å². The number of piperidine rings is 1. The van der Waals surface area contributed by atoms with Gasteiger partial charge in [-0.3, -0.25) is 28.7 Å². The Balaban J connectivity index is 1.87. The van der Waals surface area contributed by atoms with Crippen LogP contribution in [0, 0.1) is 28.6 Å². The summed E-state index contributed by atoms with van der Waals surface area (Å²) in [6.07, 6.45) is -10.4. The Morgan fingerprint density at radius 3 is 2.17 bits per heavy atom. The first-order valence-corrected chi connectivity index (χ1v) is 13.1. The molecule has 3 aliphatic rings. The molecule has 10 nitrogen and oxygen atoms in total. The van der Waals surface area contributed by atoms with Gasteiger partial charge in [0.25, 0.3) is 0 Å². The molecular weight excluding hydrogens is 566 g/mol. The molecule has 1 aliphatic carbocycles. The maximum atomic E-state index is 13.6. The summed E-state index contributed by atoms with van der Waals surface area (Å²) in [5, 5.41) is 6.64. The van der Waals surface area contributed by atoms with Crippen LogP contribution in [0.1, 0.15) is 47.5 Å². The number of amides is 4. The molecule has 2 saturated heterocycles. The molecule has 2 aliphatic heterocycles. The zero-order chi connectivity index (χ0) is 31.3. The van der Waals surface area contributed by atoms with Crippen molar-refractivity contribution < 1.29 is 55.1 Å². The SMILES string of the molecule is CC(C)(C)C(NC(=O)C(F)(F)F)C(=O)N1C[C@H]2[C@@H]([C@H]1C(=O)NC(C[C@@H]1CCNC1=O)C(=O)COC(F)(F)F)C2(C)C. The quantitative estimate of drug-likeness (QED) is 0.345. The smallest absolute Gasteiger partial charge is 0.356 e. The van der Waals surface area contributed by atoms with Crippen molar-refractivity contribution in [2.24, 2.45) is 28.6 Å². The third-order valence-corrected chi connectivity index (χ3v) is 8.17. The first kappa shape index (κ1) is 32.6. The maximum absolute atomic E-state index is 13.6. The number of ether oxygens (including phenoxy) is 1. The number of halogens is 6. The number of hydrogen-bond donors (Lipinski definition) is 3. The molecular formula is C25H34F6N4O6. The fourth-order valence-corrected chi connectivity index (χ4v) is 5.78. The third kappa shape index (κ3) is 7.30. The highest BCUT2D eigenvalue weighted by atomic mass is 19.4. The number of fused-ring (bicyclic) bond motifs is 1. The van der Waals surface area contributed by atoms with Gasteiger partial charge in [-0.1, -0.05) is 34.6 Å². The molecule has 3 N–H and O–H groups in total. The van der Waals surface area contributed by atoms with E-state index in [-0.39, 0.29) is 31.8 Å². The summed E-state index contributed by atoms with van der Waals surface area (Å²) in [4.78, 5) is 64.8. The summed E-state index contributed by atoms with van der Waals surface area (Å²) in [5.74, 6) is -7.25. The summed E-state index contributed by atoms with van der Waals surface area (Å²) in [5.41, 5.74) is -1.67. The summed E-state index contributed by atoms with van der Waals surface area (Å²) in [6.45, 7) is 6.77. The molecule has 3 rings (SSSR count). The number of hydrogen-bond acceptors (Lipinski definition) is 6. The van der Waals surface area contributed by atoms with Crippen LogP contribution in [0.4, 0.5) is 26.3 Å². The molecule has 6 atom stereocenters. The van der Waals surface area contributed by atoms with E-state index in [1.807, 2.05) is 13.8 Å². The Bertz CT molecular complexity index is 1090. The van der Waals surface area contributed by atoms with Gasteiger partial charge in [-0.2, -0.15) is 13.2 Å². The number of carbonyl (C=O) groups is 5. The molecule has 2 unspecified atom stereocenters. The third-order valence-electron chi connectivity index (χ3n) is 8.17. The van der Waals surface area contributed by atoms with Crippen molar-refractivity contribution in [3.05, 3.63) is 0 Å². The van der Waals surface area contributed by atoms with Gasteiger partial charge in [0.2, 0.25) is 17.7 Å². The minimum atomic E-state index is -5.27. The number of alkyl halides is 6. The van der Waals surface area contributed by atoms with E-state index in [9.17, 15) is 50.3 Å². The molecule has 0 aromatic rings. The molecule has 0 radical (unpaired) electrons. The lowest BCUT2D eigenvalue weighted by Gasteiger charge is -2.38. The lowest BCUT2D eigenvalue weighted by molar-refractivity contribution is -0.321. The first-order chi connectivity index (χ1) is 18.6. The van der Waals surface area contributed by atoms with Crippen LogP contribution in [0.25, 0.3) is 0 Å². The van der Waals surface area contributed by atoms with Gasteiger partial charge in [0.1, 0.15) is 18.7 Å². The van der Waals surface area contributed by atoms with E-state index in [0.717, 1.165) is 4.90 Å². The van der Waals surface area contributed by atoms with Crippen LogP contribution >= 0.6 is 0 Å². The summed E-state index contributed by atoms with van der Waals surface area (Å²) < 4.78 is 80.5. The fraction of sp³-hybridized carbons (Fsp3) is 0.800. The van der Waals surface area contributed by atoms with E-state index in [4.69, 9.17) is 0 Å². The van der Waals surface area contributed by atoms with Gasteiger partial charge in [-0.15, -0.1) is 13.2 Å². The van der Waals surface area contributed by atoms with Gasteiger partial charge in [0, 0.05) is 19.0 Å². The molecule has 0 bridgehead atoms. The Labute approximate surface area is 232 Å². The minimum Gasteiger partial charge on any atom is -0.356 e. The van der Waals surface area contributed by atoms with E-state index >= 15 is 0 Å². The molecule has 16 heteroatoms. The number of rotatable bonds is 9. The second-order valence-corrected chi connectivity index (χ2v) is 12.4. The molecule has 3 fully saturated rings. The second-order valence-electron chi connectivity index (χ2n) is 12.4. The van der Waals surface area contributed by atoms with E-state index in [2.05, 4.69) is 15.4 Å². The van der Waals surface area contributed by atoms with E-state index < -0.39 is 89.3 Å². The van der Waals surface area contributed by atoms with Crippen LogP contribution < -0.4 is 16.0 Å². The number of carbonyl (C=O) groups excluding carboxylic acids is 5. The van der Waals surface area contributed by atoms with Crippen molar-refractivity contribution >= 4 is 29.4 Å². The normalized spacial score (nSPS) is 27.0. The van der Waals surface area contributed by atoms with Crippen molar-refractivity contribution in [1.29, 1.82) is 0 Å². The van der Waals surface area contributed by atoms with Gasteiger partial charge >= 0.3 is 18.4 Å². The lowest BCUT2D eigenvalue weighted by Crippen LogP contribution is -2.61. The monoisotopic (exact) mass is 600 g/mol. The molecule has 4 amide bonds. The first-order valence-electron chi connectivity index (χ1n) is 13.1. The fourth-order valence-electron chi connectivity index (χ4n) is 5.78. The molecule has 0 aromatic heterocycles. The molecule has 1 saturated carbocycles. The van der Waals surface area contributed by atoms with Gasteiger partial charge in [-0.25, -0.2) is 0 Å². The maximum Gasteiger partial charge on any atom is 0.522 e. The van der Waals surface area contributed by atoms with Gasteiger partial charge in [0.15, 0.2) is 5.78 Å². The Morgan fingerprint density at radius 2 is 1.68 bits per heavy atom. The number of ketones is 1. The van der Waals surface area contributed by atoms with Crippen LogP contribution in [0.5, 0.6) is 0 Å². The predicted molar refractivity (Wildman–Crippen MR) is 128 cm³/mol. The summed E-state index contributed by atoms with van der Waals surface area (Å²) in [7, 11) is 0. The van der Waals surface area contributed by atoms with Crippen LogP contribution in [-0.2, 0) is 28.7 Å². The van der Waals surface area contributed by atoms with E-state index in [1.165, 1.54) is 20.8 Å². The van der Waals surface area contributed by atoms with Crippen LogP contribution in [0.2, 0.25) is 0 Å². The van der Waals surface area contributed by atoms with Crippen LogP contribution in [-0.4, -0.2) is 84.7 Å². The Kier molecular flexibility index (Phi) is 8.79. The zero-order valence-corrected chi connectivity index (χ0v) is 23.2. The van der Waals surface area contributed by atoms with Crippen LogP contribution in [0.3, 0.4) is 0 Å². The predicted octanol–water partition coefficient (Wildman–Crippen LogP) is 1.68. The zero-order valence-electron chi connectivity index (χ0n) is 23.2. The summed E-state index contributed by atoms with van der Waals surface area (Å²) in [6, 6.07) is -4.53. The summed E-state index contributed by atoms with van der Waals surface area (Å²) >= 11 is 0. The average Bonchev–Trinajstić information content (AvgIpc) is 3.17. The Hall–Kier alpha value is -2.91. The highest BCUT2D eigenvalue weighted by Crippen LogP contribution is 2.65. The minimum absolute atomic E-state index is 0.0239. The van der Waals surface area contributed by atoms with Crippen molar-refractivity contribution in [2.45, 2.75) is 78.1 Å². The largest absolute Gasteiger partial charge is 0.522 e. The molecule has 0 aromatic carbocycles.